The van der Waals surface area contributed by atoms with Crippen molar-refractivity contribution in [3.63, 3.8) is 0 Å². The minimum atomic E-state index is -4.49. The topological polar surface area (TPSA) is 41.8 Å². The van der Waals surface area contributed by atoms with Gasteiger partial charge in [0.25, 0.3) is 0 Å². The molecule has 0 saturated heterocycles. The highest BCUT2D eigenvalue weighted by Gasteiger charge is 2.33. The summed E-state index contributed by atoms with van der Waals surface area (Å²) in [7, 11) is 0. The van der Waals surface area contributed by atoms with Crippen LogP contribution in [0.3, 0.4) is 0 Å². The number of aromatic nitrogens is 1. The molecule has 0 saturated carbocycles. The molecule has 0 aliphatic heterocycles. The maximum Gasteiger partial charge on any atom is 0.417 e. The zero-order valence-electron chi connectivity index (χ0n) is 15.1. The van der Waals surface area contributed by atoms with E-state index in [1.54, 1.807) is 6.07 Å². The van der Waals surface area contributed by atoms with Gasteiger partial charge in [-0.05, 0) is 61.1 Å². The number of nitrogens with two attached hydrogens (primary N) is 1. The molecule has 2 nitrogen and oxygen atoms in total. The molecule has 0 radical (unpaired) electrons. The molecule has 0 unspecified atom stereocenters. The second-order valence-electron chi connectivity index (χ2n) is 6.61. The first-order valence-corrected chi connectivity index (χ1v) is 9.44. The first kappa shape index (κ1) is 19.8. The molecule has 0 fully saturated rings. The molecule has 1 aromatic heterocycles. The molecule has 3 aromatic rings. The number of alkyl halides is 3. The largest absolute Gasteiger partial charge is 0.417 e. The van der Waals surface area contributed by atoms with Gasteiger partial charge >= 0.3 is 6.18 Å². The molecule has 0 aliphatic rings. The lowest BCUT2D eigenvalue weighted by Crippen LogP contribution is -2.06. The summed E-state index contributed by atoms with van der Waals surface area (Å²) in [4.78, 5) is 3.38. The Morgan fingerprint density at radius 2 is 1.89 bits per heavy atom. The monoisotopic (exact) mass is 394 g/mol. The molecule has 144 valence electrons. The normalized spacial score (nSPS) is 12.1. The molecule has 0 bridgehead atoms. The van der Waals surface area contributed by atoms with Crippen molar-refractivity contribution < 1.29 is 13.2 Å². The first-order chi connectivity index (χ1) is 12.9. The molecule has 3 rings (SSSR count). The van der Waals surface area contributed by atoms with Crippen LogP contribution in [0.1, 0.15) is 36.5 Å². The number of aryl methyl sites for hydroxylation is 2. The molecule has 0 atom stereocenters. The molecule has 6 heteroatoms. The van der Waals surface area contributed by atoms with Crippen LogP contribution in [-0.2, 0) is 19.0 Å². The van der Waals surface area contributed by atoms with Crippen molar-refractivity contribution >= 4 is 22.5 Å². The standard InChI is InChI=1S/C21H22ClF3N2/c1-2-13-6-5-8-16-15(7-3-4-11-26)20(27-19(13)16)14-9-10-18(22)17(12-14)21(23,24)25/h5-6,8-10,12,27H,2-4,7,11,26H2,1H3. The SMILES string of the molecule is CCc1cccc2c(CCCCN)c(-c3ccc(Cl)c(C(F)(F)F)c3)[nH]c12. The molecule has 2 aromatic carbocycles. The summed E-state index contributed by atoms with van der Waals surface area (Å²) in [6, 6.07) is 10.1. The van der Waals surface area contributed by atoms with Crippen LogP contribution in [0.4, 0.5) is 13.2 Å². The third-order valence-corrected chi connectivity index (χ3v) is 5.18. The fraction of sp³-hybridized carbons (Fsp3) is 0.333. The third-order valence-electron chi connectivity index (χ3n) is 4.85. The molecule has 3 N–H and O–H groups in total. The molecular formula is C21H22ClF3N2. The highest BCUT2D eigenvalue weighted by Crippen LogP contribution is 2.39. The van der Waals surface area contributed by atoms with Crippen LogP contribution in [0.2, 0.25) is 5.02 Å². The number of halogens is 4. The number of aromatic amines is 1. The number of hydrogen-bond donors (Lipinski definition) is 2. The maximum absolute atomic E-state index is 13.3. The minimum absolute atomic E-state index is 0.290. The Kier molecular flexibility index (Phi) is 5.82. The van der Waals surface area contributed by atoms with E-state index in [0.29, 0.717) is 12.1 Å². The summed E-state index contributed by atoms with van der Waals surface area (Å²) in [6.45, 7) is 2.66. The zero-order valence-corrected chi connectivity index (χ0v) is 15.8. The van der Waals surface area contributed by atoms with Gasteiger partial charge < -0.3 is 10.7 Å². The predicted octanol–water partition coefficient (Wildman–Crippen LogP) is 6.35. The average Bonchev–Trinajstić information content (AvgIpc) is 3.00. The Balaban J connectivity index is 2.19. The average molecular weight is 395 g/mol. The summed E-state index contributed by atoms with van der Waals surface area (Å²) in [5, 5.41) is 0.770. The van der Waals surface area contributed by atoms with Crippen molar-refractivity contribution in [2.24, 2.45) is 5.73 Å². The molecule has 27 heavy (non-hydrogen) atoms. The second kappa shape index (κ2) is 7.95. The number of para-hydroxylation sites is 1. The Hall–Kier alpha value is -1.98. The Labute approximate surface area is 161 Å². The van der Waals surface area contributed by atoms with E-state index in [4.69, 9.17) is 17.3 Å². The van der Waals surface area contributed by atoms with E-state index < -0.39 is 11.7 Å². The van der Waals surface area contributed by atoms with Crippen LogP contribution in [0.15, 0.2) is 36.4 Å². The van der Waals surface area contributed by atoms with E-state index in [1.165, 1.54) is 6.07 Å². The zero-order chi connectivity index (χ0) is 19.6. The quantitative estimate of drug-likeness (QED) is 0.470. The van der Waals surface area contributed by atoms with Gasteiger partial charge in [0.15, 0.2) is 0 Å². The number of hydrogen-bond acceptors (Lipinski definition) is 1. The van der Waals surface area contributed by atoms with Crippen molar-refractivity contribution in [1.82, 2.24) is 4.98 Å². The van der Waals surface area contributed by atoms with Gasteiger partial charge in [0.05, 0.1) is 10.6 Å². The Bertz CT molecular complexity index is 944. The van der Waals surface area contributed by atoms with Crippen molar-refractivity contribution in [2.75, 3.05) is 6.54 Å². The van der Waals surface area contributed by atoms with Crippen LogP contribution in [-0.4, -0.2) is 11.5 Å². The van der Waals surface area contributed by atoms with Crippen molar-refractivity contribution in [3.05, 3.63) is 58.1 Å². The lowest BCUT2D eigenvalue weighted by molar-refractivity contribution is -0.137. The van der Waals surface area contributed by atoms with E-state index >= 15 is 0 Å². The fourth-order valence-electron chi connectivity index (χ4n) is 3.48. The molecular weight excluding hydrogens is 373 g/mol. The lowest BCUT2D eigenvalue weighted by Gasteiger charge is -2.12. The predicted molar refractivity (Wildman–Crippen MR) is 105 cm³/mol. The number of rotatable bonds is 6. The number of fused-ring (bicyclic) bond motifs is 1. The summed E-state index contributed by atoms with van der Waals surface area (Å²) in [6.07, 6.45) is -1.15. The Morgan fingerprint density at radius 1 is 1.11 bits per heavy atom. The van der Waals surface area contributed by atoms with Crippen molar-refractivity contribution in [1.29, 1.82) is 0 Å². The van der Waals surface area contributed by atoms with Crippen LogP contribution >= 0.6 is 11.6 Å². The van der Waals surface area contributed by atoms with Gasteiger partial charge in [-0.15, -0.1) is 0 Å². The van der Waals surface area contributed by atoms with Crippen LogP contribution in [0.25, 0.3) is 22.2 Å². The smallest absolute Gasteiger partial charge is 0.354 e. The van der Waals surface area contributed by atoms with E-state index in [0.717, 1.165) is 59.5 Å². The van der Waals surface area contributed by atoms with Crippen LogP contribution < -0.4 is 5.73 Å². The van der Waals surface area contributed by atoms with Gasteiger partial charge in [-0.1, -0.05) is 42.8 Å². The summed E-state index contributed by atoms with van der Waals surface area (Å²) in [5.74, 6) is 0. The van der Waals surface area contributed by atoms with Gasteiger partial charge in [0.1, 0.15) is 0 Å². The fourth-order valence-corrected chi connectivity index (χ4v) is 3.70. The molecule has 0 aliphatic carbocycles. The van der Waals surface area contributed by atoms with Crippen LogP contribution in [0.5, 0.6) is 0 Å². The molecule has 0 amide bonds. The number of H-pyrrole nitrogens is 1. The van der Waals surface area contributed by atoms with Gasteiger partial charge in [-0.25, -0.2) is 0 Å². The second-order valence-corrected chi connectivity index (χ2v) is 7.02. The van der Waals surface area contributed by atoms with Crippen LogP contribution in [0, 0.1) is 0 Å². The van der Waals surface area contributed by atoms with Crippen molar-refractivity contribution in [3.8, 4) is 11.3 Å². The summed E-state index contributed by atoms with van der Waals surface area (Å²) >= 11 is 5.79. The summed E-state index contributed by atoms with van der Waals surface area (Å²) < 4.78 is 39.9. The summed E-state index contributed by atoms with van der Waals surface area (Å²) in [5.41, 5.74) is 9.18. The Morgan fingerprint density at radius 3 is 2.56 bits per heavy atom. The highest BCUT2D eigenvalue weighted by molar-refractivity contribution is 6.31. The molecule has 0 spiro atoms. The highest BCUT2D eigenvalue weighted by atomic mass is 35.5. The van der Waals surface area contributed by atoms with E-state index in [-0.39, 0.29) is 5.02 Å². The maximum atomic E-state index is 13.3. The third kappa shape index (κ3) is 3.99. The van der Waals surface area contributed by atoms with E-state index in [2.05, 4.69) is 11.9 Å². The van der Waals surface area contributed by atoms with E-state index in [9.17, 15) is 13.2 Å². The minimum Gasteiger partial charge on any atom is -0.354 e. The van der Waals surface area contributed by atoms with Gasteiger partial charge in [0.2, 0.25) is 0 Å². The van der Waals surface area contributed by atoms with Crippen molar-refractivity contribution in [2.45, 2.75) is 38.8 Å². The number of nitrogens with one attached hydrogen (secondary N) is 1. The number of benzene rings is 2. The van der Waals surface area contributed by atoms with Gasteiger partial charge in [-0.2, -0.15) is 13.2 Å². The first-order valence-electron chi connectivity index (χ1n) is 9.06. The van der Waals surface area contributed by atoms with Gasteiger partial charge in [0, 0.05) is 16.6 Å². The van der Waals surface area contributed by atoms with E-state index in [1.807, 2.05) is 18.2 Å². The number of unbranched alkanes of at least 4 members (excludes halogenated alkanes) is 1. The lowest BCUT2D eigenvalue weighted by atomic mass is 9.98. The van der Waals surface area contributed by atoms with Gasteiger partial charge in [-0.3, -0.25) is 0 Å². The molecule has 1 heterocycles.